The van der Waals surface area contributed by atoms with E-state index in [2.05, 4.69) is 0 Å². The normalized spacial score (nSPS) is 10.7. The Balaban J connectivity index is -0.000000120. The van der Waals surface area contributed by atoms with Gasteiger partial charge in [0, 0.05) is 5.56 Å². The standard InChI is InChI=1S/C12H19O4P.3Li.3H/c1-5-9-6-7-11(16-17(13,14)15)10(8-9)12(2,3)4;;;;;;/h6-8H,5H2,1-4H3,(H2,13,14,15);;;;;;/q;3*+1;3*-1. The van der Waals surface area contributed by atoms with E-state index in [9.17, 15) is 4.57 Å². The van der Waals surface area contributed by atoms with E-state index in [4.69, 9.17) is 14.3 Å². The van der Waals surface area contributed by atoms with Crippen LogP contribution in [0.1, 0.15) is 43.1 Å². The molecule has 0 fully saturated rings. The van der Waals surface area contributed by atoms with Gasteiger partial charge in [0.1, 0.15) is 5.75 Å². The molecule has 8 heteroatoms. The molecule has 1 rings (SSSR count). The Bertz CT molecular complexity index is 467. The first-order valence-corrected chi connectivity index (χ1v) is 7.05. The Morgan fingerprint density at radius 1 is 1.20 bits per heavy atom. The molecule has 1 aromatic carbocycles. The zero-order valence-corrected chi connectivity index (χ0v) is 14.5. The van der Waals surface area contributed by atoms with Crippen LogP contribution in [0, 0.1) is 0 Å². The van der Waals surface area contributed by atoms with Crippen molar-refractivity contribution in [2.75, 3.05) is 0 Å². The van der Waals surface area contributed by atoms with Crippen LogP contribution >= 0.6 is 7.82 Å². The molecule has 20 heavy (non-hydrogen) atoms. The van der Waals surface area contributed by atoms with E-state index in [1.165, 1.54) is 0 Å². The molecular weight excluding hydrogens is 260 g/mol. The molecule has 1 aromatic rings. The average Bonchev–Trinajstić information content (AvgIpc) is 2.14. The van der Waals surface area contributed by atoms with Crippen molar-refractivity contribution in [3.63, 3.8) is 0 Å². The molecule has 0 aliphatic rings. The first-order valence-electron chi connectivity index (χ1n) is 5.52. The van der Waals surface area contributed by atoms with Crippen LogP contribution < -0.4 is 61.1 Å². The predicted octanol–water partition coefficient (Wildman–Crippen LogP) is -5.63. The number of rotatable bonds is 3. The summed E-state index contributed by atoms with van der Waals surface area (Å²) in [5.41, 5.74) is 1.70. The molecule has 102 valence electrons. The molecule has 2 N–H and O–H groups in total. The Morgan fingerprint density at radius 2 is 1.70 bits per heavy atom. The maximum atomic E-state index is 10.9. The van der Waals surface area contributed by atoms with Crippen molar-refractivity contribution < 1.29 is 79.7 Å². The minimum absolute atomic E-state index is 0. The molecule has 0 unspecified atom stereocenters. The average molecular weight is 282 g/mol. The van der Waals surface area contributed by atoms with Gasteiger partial charge in [0.15, 0.2) is 0 Å². The molecule has 0 saturated carbocycles. The molecule has 4 nitrogen and oxygen atoms in total. The van der Waals surface area contributed by atoms with E-state index < -0.39 is 7.82 Å². The molecule has 0 bridgehead atoms. The van der Waals surface area contributed by atoms with E-state index in [1.807, 2.05) is 39.8 Å². The Morgan fingerprint density at radius 3 is 2.05 bits per heavy atom. The van der Waals surface area contributed by atoms with E-state index >= 15 is 0 Å². The summed E-state index contributed by atoms with van der Waals surface area (Å²) in [5, 5.41) is 0. The van der Waals surface area contributed by atoms with Gasteiger partial charge >= 0.3 is 64.4 Å². The van der Waals surface area contributed by atoms with Crippen molar-refractivity contribution in [2.45, 2.75) is 39.5 Å². The van der Waals surface area contributed by atoms with Gasteiger partial charge in [0.05, 0.1) is 0 Å². The fourth-order valence-corrected chi connectivity index (χ4v) is 2.01. The topological polar surface area (TPSA) is 66.8 Å². The summed E-state index contributed by atoms with van der Waals surface area (Å²) in [6.45, 7) is 7.97. The summed E-state index contributed by atoms with van der Waals surface area (Å²) in [4.78, 5) is 17.8. The van der Waals surface area contributed by atoms with Gasteiger partial charge in [-0.15, -0.1) is 0 Å². The van der Waals surface area contributed by atoms with Crippen molar-refractivity contribution in [1.29, 1.82) is 0 Å². The molecule has 0 aliphatic heterocycles. The van der Waals surface area contributed by atoms with Gasteiger partial charge in [0.2, 0.25) is 0 Å². The van der Waals surface area contributed by atoms with Crippen LogP contribution in [0.2, 0.25) is 0 Å². The second kappa shape index (κ2) is 9.87. The molecule has 0 atom stereocenters. The maximum Gasteiger partial charge on any atom is 1.00 e. The molecule has 0 spiro atoms. The fraction of sp³-hybridized carbons (Fsp3) is 0.500. The molecule has 0 aromatic heterocycles. The van der Waals surface area contributed by atoms with E-state index in [0.29, 0.717) is 0 Å². The zero-order chi connectivity index (χ0) is 13.3. The Labute approximate surface area is 161 Å². The summed E-state index contributed by atoms with van der Waals surface area (Å²) < 4.78 is 15.6. The summed E-state index contributed by atoms with van der Waals surface area (Å²) in [5.74, 6) is 0.253. The number of benzene rings is 1. The van der Waals surface area contributed by atoms with Gasteiger partial charge in [-0.2, -0.15) is 0 Å². The third kappa shape index (κ3) is 8.42. The molecular formula is C12H22Li3O4P. The number of phosphoric ester groups is 1. The number of phosphoric acid groups is 1. The van der Waals surface area contributed by atoms with Crippen molar-refractivity contribution in [2.24, 2.45) is 0 Å². The minimum Gasteiger partial charge on any atom is -1.00 e. The monoisotopic (exact) mass is 282 g/mol. The van der Waals surface area contributed by atoms with Crippen LogP contribution in [0.4, 0.5) is 0 Å². The molecule has 0 amide bonds. The van der Waals surface area contributed by atoms with Gasteiger partial charge < -0.3 is 8.80 Å². The van der Waals surface area contributed by atoms with Crippen LogP contribution in [-0.4, -0.2) is 9.79 Å². The Hall–Kier alpha value is 0.962. The van der Waals surface area contributed by atoms with Gasteiger partial charge in [-0.3, -0.25) is 9.79 Å². The Kier molecular flexibility index (Phi) is 12.8. The summed E-state index contributed by atoms with van der Waals surface area (Å²) in [7, 11) is -4.51. The van der Waals surface area contributed by atoms with Crippen molar-refractivity contribution in [3.05, 3.63) is 29.3 Å². The van der Waals surface area contributed by atoms with Crippen molar-refractivity contribution in [1.82, 2.24) is 0 Å². The summed E-state index contributed by atoms with van der Waals surface area (Å²) in [6, 6.07) is 5.38. The van der Waals surface area contributed by atoms with Gasteiger partial charge in [-0.05, 0) is 23.5 Å². The molecule has 0 heterocycles. The second-order valence-electron chi connectivity index (χ2n) is 5.02. The smallest absolute Gasteiger partial charge is 1.00 e. The van der Waals surface area contributed by atoms with Crippen LogP contribution in [0.15, 0.2) is 18.2 Å². The fourth-order valence-electron chi connectivity index (χ4n) is 1.59. The van der Waals surface area contributed by atoms with Crippen LogP contribution in [0.3, 0.4) is 0 Å². The van der Waals surface area contributed by atoms with Gasteiger partial charge in [-0.25, -0.2) is 4.57 Å². The third-order valence-corrected chi connectivity index (χ3v) is 2.91. The summed E-state index contributed by atoms with van der Waals surface area (Å²) in [6.07, 6.45) is 0.874. The van der Waals surface area contributed by atoms with Crippen LogP contribution in [-0.2, 0) is 16.4 Å². The predicted molar refractivity (Wildman–Crippen MR) is 70.5 cm³/mol. The maximum absolute atomic E-state index is 10.9. The van der Waals surface area contributed by atoms with Crippen molar-refractivity contribution in [3.8, 4) is 5.75 Å². The molecule has 0 aliphatic carbocycles. The number of hydrogen-bond acceptors (Lipinski definition) is 2. The van der Waals surface area contributed by atoms with Crippen LogP contribution in [0.5, 0.6) is 5.75 Å². The number of aryl methyl sites for hydroxylation is 1. The van der Waals surface area contributed by atoms with Gasteiger partial charge in [-0.1, -0.05) is 39.8 Å². The third-order valence-electron chi connectivity index (χ3n) is 2.48. The molecule has 0 saturated heterocycles. The first kappa shape index (κ1) is 25.9. The van der Waals surface area contributed by atoms with E-state index in [0.717, 1.165) is 17.5 Å². The SMILES string of the molecule is CCc1ccc(OP(=O)(O)O)c(C(C)(C)C)c1.[H-].[H-].[H-].[Li+].[Li+].[Li+]. The second-order valence-corrected chi connectivity index (χ2v) is 6.18. The van der Waals surface area contributed by atoms with Crippen molar-refractivity contribution >= 4 is 7.82 Å². The van der Waals surface area contributed by atoms with Crippen LogP contribution in [0.25, 0.3) is 0 Å². The van der Waals surface area contributed by atoms with Gasteiger partial charge in [0.25, 0.3) is 0 Å². The van der Waals surface area contributed by atoms with E-state index in [1.54, 1.807) is 6.07 Å². The quantitative estimate of drug-likeness (QED) is 0.428. The largest absolute Gasteiger partial charge is 1.00 e. The number of hydrogen-bond donors (Lipinski definition) is 2. The molecule has 0 radical (unpaired) electrons. The first-order chi connectivity index (χ1) is 7.63. The van der Waals surface area contributed by atoms with E-state index in [-0.39, 0.29) is 72.0 Å². The summed E-state index contributed by atoms with van der Waals surface area (Å²) >= 11 is 0. The minimum atomic E-state index is -4.51. The zero-order valence-electron chi connectivity index (χ0n) is 16.6.